The normalized spacial score (nSPS) is 21.9. The average Bonchev–Trinajstić information content (AvgIpc) is 3.18. The van der Waals surface area contributed by atoms with E-state index >= 15 is 0 Å². The van der Waals surface area contributed by atoms with Gasteiger partial charge in [0.05, 0.1) is 12.6 Å². The van der Waals surface area contributed by atoms with Crippen molar-refractivity contribution in [2.24, 2.45) is 0 Å². The Morgan fingerprint density at radius 3 is 2.59 bits per heavy atom. The van der Waals surface area contributed by atoms with Gasteiger partial charge in [-0.05, 0) is 48.4 Å². The maximum atomic E-state index is 12.5. The summed E-state index contributed by atoms with van der Waals surface area (Å²) in [7, 11) is 0. The van der Waals surface area contributed by atoms with E-state index in [1.165, 1.54) is 16.0 Å². The number of hydrogen-bond acceptors (Lipinski definition) is 2. The number of amides is 1. The fourth-order valence-corrected chi connectivity index (χ4v) is 4.57. The van der Waals surface area contributed by atoms with Gasteiger partial charge < -0.3 is 19.9 Å². The molecule has 2 heterocycles. The Hall–Kier alpha value is -1.89. The Kier molecular flexibility index (Phi) is 6.53. The van der Waals surface area contributed by atoms with Crippen LogP contribution >= 0.6 is 15.9 Å². The van der Waals surface area contributed by atoms with E-state index in [4.69, 9.17) is 4.74 Å². The number of rotatable bonds is 6. The molecule has 0 radical (unpaired) electrons. The van der Waals surface area contributed by atoms with E-state index in [0.717, 1.165) is 61.5 Å². The van der Waals surface area contributed by atoms with Crippen molar-refractivity contribution in [1.82, 2.24) is 5.32 Å². The Morgan fingerprint density at radius 1 is 1.10 bits per heavy atom. The van der Waals surface area contributed by atoms with E-state index in [-0.39, 0.29) is 11.9 Å². The van der Waals surface area contributed by atoms with Crippen molar-refractivity contribution in [3.8, 4) is 5.75 Å². The minimum Gasteiger partial charge on any atom is -0.493 e. The van der Waals surface area contributed by atoms with Crippen molar-refractivity contribution in [2.45, 2.75) is 25.9 Å². The number of carbonyl (C=O) groups is 1. The van der Waals surface area contributed by atoms with Gasteiger partial charge in [-0.3, -0.25) is 4.79 Å². The largest absolute Gasteiger partial charge is 0.493 e. The Labute approximate surface area is 181 Å². The van der Waals surface area contributed by atoms with Crippen LogP contribution in [0, 0.1) is 0 Å². The summed E-state index contributed by atoms with van der Waals surface area (Å²) in [4.78, 5) is 15.5. The zero-order valence-corrected chi connectivity index (χ0v) is 18.6. The number of benzene rings is 2. The van der Waals surface area contributed by atoms with Crippen molar-refractivity contribution >= 4 is 21.8 Å². The van der Waals surface area contributed by atoms with E-state index < -0.39 is 0 Å². The molecule has 0 aliphatic carbocycles. The molecule has 2 aromatic rings. The molecule has 0 bridgehead atoms. The van der Waals surface area contributed by atoms with Gasteiger partial charge in [0.2, 0.25) is 0 Å². The molecule has 1 amide bonds. The molecule has 2 aromatic carbocycles. The van der Waals surface area contributed by atoms with Gasteiger partial charge in [0, 0.05) is 16.5 Å². The molecule has 29 heavy (non-hydrogen) atoms. The number of piperazine rings is 1. The second-order valence-corrected chi connectivity index (χ2v) is 9.15. The number of fused-ring (bicyclic) bond motifs is 1. The SMILES string of the molecule is CC(NC(=O)C[NH+]1CC[NH+](Cc2ccc3c(c2)CCO3)CC1)c1ccc(Br)cc1. The lowest BCUT2D eigenvalue weighted by molar-refractivity contribution is -1.02. The highest BCUT2D eigenvalue weighted by Gasteiger charge is 2.26. The summed E-state index contributed by atoms with van der Waals surface area (Å²) in [5.74, 6) is 1.19. The average molecular weight is 460 g/mol. The topological polar surface area (TPSA) is 47.2 Å². The quantitative estimate of drug-likeness (QED) is 0.590. The van der Waals surface area contributed by atoms with Crippen molar-refractivity contribution in [3.63, 3.8) is 0 Å². The van der Waals surface area contributed by atoms with Crippen LogP contribution in [0.15, 0.2) is 46.9 Å². The molecule has 3 N–H and O–H groups in total. The third-order valence-corrected chi connectivity index (χ3v) is 6.56. The summed E-state index contributed by atoms with van der Waals surface area (Å²) in [5, 5.41) is 3.14. The molecule has 1 unspecified atom stereocenters. The van der Waals surface area contributed by atoms with Crippen LogP contribution in [0.4, 0.5) is 0 Å². The second kappa shape index (κ2) is 9.28. The number of carbonyl (C=O) groups excluding carboxylic acids is 1. The van der Waals surface area contributed by atoms with Crippen molar-refractivity contribution in [2.75, 3.05) is 39.3 Å². The van der Waals surface area contributed by atoms with Crippen molar-refractivity contribution < 1.29 is 19.3 Å². The van der Waals surface area contributed by atoms with Gasteiger partial charge in [-0.15, -0.1) is 0 Å². The molecule has 6 heteroatoms. The maximum Gasteiger partial charge on any atom is 0.275 e. The molecule has 0 saturated carbocycles. The summed E-state index contributed by atoms with van der Waals surface area (Å²) >= 11 is 3.45. The van der Waals surface area contributed by atoms with E-state index in [2.05, 4.69) is 51.6 Å². The van der Waals surface area contributed by atoms with Crippen LogP contribution in [0.3, 0.4) is 0 Å². The molecule has 4 rings (SSSR count). The fourth-order valence-electron chi connectivity index (χ4n) is 4.30. The first kappa shape index (κ1) is 20.4. The smallest absolute Gasteiger partial charge is 0.275 e. The highest BCUT2D eigenvalue weighted by molar-refractivity contribution is 9.10. The molecule has 1 fully saturated rings. The Bertz CT molecular complexity index is 848. The molecule has 1 saturated heterocycles. The number of ether oxygens (including phenoxy) is 1. The summed E-state index contributed by atoms with van der Waals surface area (Å²) in [6, 6.07) is 14.8. The van der Waals surface area contributed by atoms with Crippen LogP contribution in [-0.4, -0.2) is 45.2 Å². The fraction of sp³-hybridized carbons (Fsp3) is 0.435. The molecule has 154 valence electrons. The van der Waals surface area contributed by atoms with Gasteiger partial charge in [0.1, 0.15) is 38.5 Å². The van der Waals surface area contributed by atoms with Crippen LogP contribution in [0.1, 0.15) is 29.7 Å². The molecular formula is C23H30BrN3O2+2. The lowest BCUT2D eigenvalue weighted by atomic mass is 10.1. The van der Waals surface area contributed by atoms with Crippen LogP contribution in [0.2, 0.25) is 0 Å². The number of quaternary nitrogens is 2. The third-order valence-electron chi connectivity index (χ3n) is 6.03. The van der Waals surface area contributed by atoms with E-state index in [1.807, 2.05) is 19.1 Å². The monoisotopic (exact) mass is 459 g/mol. The van der Waals surface area contributed by atoms with Gasteiger partial charge in [0.15, 0.2) is 6.54 Å². The minimum absolute atomic E-state index is 0.0331. The van der Waals surface area contributed by atoms with Crippen LogP contribution < -0.4 is 19.9 Å². The van der Waals surface area contributed by atoms with Gasteiger partial charge in [0.25, 0.3) is 5.91 Å². The highest BCUT2D eigenvalue weighted by atomic mass is 79.9. The zero-order chi connectivity index (χ0) is 20.2. The summed E-state index contributed by atoms with van der Waals surface area (Å²) in [6.45, 7) is 8.79. The predicted octanol–water partition coefficient (Wildman–Crippen LogP) is 0.545. The van der Waals surface area contributed by atoms with Crippen molar-refractivity contribution in [3.05, 3.63) is 63.6 Å². The summed E-state index contributed by atoms with van der Waals surface area (Å²) < 4.78 is 6.66. The minimum atomic E-state index is 0.0331. The van der Waals surface area contributed by atoms with Crippen LogP contribution in [-0.2, 0) is 17.8 Å². The number of halogens is 1. The first-order valence-corrected chi connectivity index (χ1v) is 11.3. The lowest BCUT2D eigenvalue weighted by Crippen LogP contribution is -3.28. The molecule has 2 aliphatic heterocycles. The van der Waals surface area contributed by atoms with Crippen molar-refractivity contribution in [1.29, 1.82) is 0 Å². The molecule has 0 aromatic heterocycles. The van der Waals surface area contributed by atoms with Gasteiger partial charge in [-0.2, -0.15) is 0 Å². The maximum absolute atomic E-state index is 12.5. The van der Waals surface area contributed by atoms with E-state index in [0.29, 0.717) is 6.54 Å². The number of hydrogen-bond donors (Lipinski definition) is 3. The Balaban J connectivity index is 1.21. The Morgan fingerprint density at radius 2 is 1.83 bits per heavy atom. The summed E-state index contributed by atoms with van der Waals surface area (Å²) in [5.41, 5.74) is 3.88. The molecule has 1 atom stereocenters. The number of nitrogens with one attached hydrogen (secondary N) is 3. The van der Waals surface area contributed by atoms with Gasteiger partial charge >= 0.3 is 0 Å². The van der Waals surface area contributed by atoms with E-state index in [9.17, 15) is 4.79 Å². The standard InChI is InChI=1S/C23H28BrN3O2/c1-17(19-3-5-21(24)6-4-19)25-23(28)16-27-11-9-26(10-12-27)15-18-2-7-22-20(14-18)8-13-29-22/h2-7,14,17H,8-13,15-16H2,1H3,(H,25,28)/p+2. The molecule has 2 aliphatic rings. The summed E-state index contributed by atoms with van der Waals surface area (Å²) in [6.07, 6.45) is 1.03. The molecule has 5 nitrogen and oxygen atoms in total. The van der Waals surface area contributed by atoms with Gasteiger partial charge in [-0.25, -0.2) is 0 Å². The third kappa shape index (κ3) is 5.38. The van der Waals surface area contributed by atoms with Crippen LogP contribution in [0.5, 0.6) is 5.75 Å². The predicted molar refractivity (Wildman–Crippen MR) is 116 cm³/mol. The first-order chi connectivity index (χ1) is 14.1. The zero-order valence-electron chi connectivity index (χ0n) is 17.0. The van der Waals surface area contributed by atoms with E-state index in [1.54, 1.807) is 4.90 Å². The first-order valence-electron chi connectivity index (χ1n) is 10.5. The lowest BCUT2D eigenvalue weighted by Gasteiger charge is -2.29. The molecule has 0 spiro atoms. The highest BCUT2D eigenvalue weighted by Crippen LogP contribution is 2.25. The van der Waals surface area contributed by atoms with Gasteiger partial charge in [-0.1, -0.05) is 28.1 Å². The van der Waals surface area contributed by atoms with Crippen LogP contribution in [0.25, 0.3) is 0 Å². The second-order valence-electron chi connectivity index (χ2n) is 8.23. The molecular weight excluding hydrogens is 430 g/mol.